The summed E-state index contributed by atoms with van der Waals surface area (Å²) in [6.07, 6.45) is 2.27. The molecule has 4 aromatic carbocycles. The van der Waals surface area contributed by atoms with Gasteiger partial charge < -0.3 is 39.9 Å². The van der Waals surface area contributed by atoms with Gasteiger partial charge in [0, 0.05) is 22.9 Å². The third-order valence-corrected chi connectivity index (χ3v) is 13.1. The van der Waals surface area contributed by atoms with E-state index in [1.165, 1.54) is 14.2 Å². The molecule has 1 saturated carbocycles. The molecule has 1 saturated heterocycles. The lowest BCUT2D eigenvalue weighted by molar-refractivity contribution is -0.140. The van der Waals surface area contributed by atoms with Crippen molar-refractivity contribution in [3.8, 4) is 11.1 Å². The molecule has 4 N–H and O–H groups in total. The van der Waals surface area contributed by atoms with Crippen LogP contribution in [0.1, 0.15) is 97.9 Å². The van der Waals surface area contributed by atoms with E-state index in [0.717, 1.165) is 79.8 Å². The minimum atomic E-state index is -0.752. The molecule has 8 rings (SSSR count). The van der Waals surface area contributed by atoms with Crippen molar-refractivity contribution in [3.63, 3.8) is 0 Å². The van der Waals surface area contributed by atoms with Crippen LogP contribution in [0.5, 0.6) is 0 Å². The average Bonchev–Trinajstić information content (AvgIpc) is 4.08. The van der Waals surface area contributed by atoms with Crippen molar-refractivity contribution in [3.05, 3.63) is 72.3 Å². The molecule has 14 nitrogen and oxygen atoms in total. The molecule has 3 heterocycles. The van der Waals surface area contributed by atoms with Gasteiger partial charge in [-0.2, -0.15) is 0 Å². The highest BCUT2D eigenvalue weighted by atomic mass is 16.5. The third kappa shape index (κ3) is 7.57. The maximum Gasteiger partial charge on any atom is 0.407 e. The molecule has 2 fully saturated rings. The fraction of sp³-hybridized carbons (Fsp3) is 0.458. The summed E-state index contributed by atoms with van der Waals surface area (Å²) < 4.78 is 9.69. The number of methoxy groups -OCH3 is 2. The second-order valence-corrected chi connectivity index (χ2v) is 17.9. The summed E-state index contributed by atoms with van der Waals surface area (Å²) in [4.78, 5) is 73.7. The maximum absolute atomic E-state index is 14.1. The number of aromatic nitrogens is 4. The number of hydrogen-bond acceptors (Lipinski definition) is 8. The van der Waals surface area contributed by atoms with Gasteiger partial charge in [0.2, 0.25) is 11.8 Å². The van der Waals surface area contributed by atoms with E-state index in [2.05, 4.69) is 69.1 Å². The Hall–Kier alpha value is -6.18. The number of rotatable bonds is 12. The molecule has 0 radical (unpaired) electrons. The first-order valence-electron chi connectivity index (χ1n) is 21.9. The predicted octanol–water partition coefficient (Wildman–Crippen LogP) is 8.91. The fourth-order valence-electron chi connectivity index (χ4n) is 9.98. The number of nitrogens with one attached hydrogen (secondary N) is 4. The maximum atomic E-state index is 14.1. The molecule has 0 spiro atoms. The first-order valence-corrected chi connectivity index (χ1v) is 21.9. The number of aromatic amines is 2. The van der Waals surface area contributed by atoms with E-state index in [1.807, 2.05) is 70.4 Å². The minimum absolute atomic E-state index is 0.0947. The van der Waals surface area contributed by atoms with Crippen molar-refractivity contribution in [2.75, 3.05) is 14.2 Å². The summed E-state index contributed by atoms with van der Waals surface area (Å²) in [5.74, 6) is 1.23. The van der Waals surface area contributed by atoms with Gasteiger partial charge in [-0.15, -0.1) is 0 Å². The van der Waals surface area contributed by atoms with Gasteiger partial charge in [-0.3, -0.25) is 9.59 Å². The molecule has 62 heavy (non-hydrogen) atoms. The number of benzene rings is 4. The normalized spacial score (nSPS) is 18.9. The third-order valence-electron chi connectivity index (χ3n) is 13.1. The quantitative estimate of drug-likeness (QED) is 0.0945. The zero-order valence-corrected chi connectivity index (χ0v) is 37.0. The van der Waals surface area contributed by atoms with Gasteiger partial charge in [0.05, 0.1) is 48.4 Å². The van der Waals surface area contributed by atoms with Crippen molar-refractivity contribution in [1.82, 2.24) is 40.4 Å². The molecule has 6 atom stereocenters. The topological polar surface area (TPSA) is 175 Å². The summed E-state index contributed by atoms with van der Waals surface area (Å²) >= 11 is 0. The molecule has 4 amide bonds. The van der Waals surface area contributed by atoms with Crippen LogP contribution in [-0.4, -0.2) is 92.1 Å². The Morgan fingerprint density at radius 3 is 1.87 bits per heavy atom. The largest absolute Gasteiger partial charge is 0.453 e. The number of nitrogens with zero attached hydrogens (tertiary/aromatic N) is 4. The fourth-order valence-corrected chi connectivity index (χ4v) is 9.98. The summed E-state index contributed by atoms with van der Waals surface area (Å²) in [6.45, 7) is 13.7. The summed E-state index contributed by atoms with van der Waals surface area (Å²) in [6, 6.07) is 19.1. The molecule has 326 valence electrons. The highest BCUT2D eigenvalue weighted by Crippen LogP contribution is 2.50. The van der Waals surface area contributed by atoms with Crippen molar-refractivity contribution in [2.24, 2.45) is 17.8 Å². The van der Waals surface area contributed by atoms with Gasteiger partial charge in [0.1, 0.15) is 23.7 Å². The molecule has 0 unspecified atom stereocenters. The van der Waals surface area contributed by atoms with E-state index >= 15 is 0 Å². The lowest BCUT2D eigenvalue weighted by atomic mass is 9.95. The number of carbonyl (C=O) groups excluding carboxylic acids is 4. The Labute approximate surface area is 361 Å². The first kappa shape index (κ1) is 42.5. The minimum Gasteiger partial charge on any atom is -0.453 e. The van der Waals surface area contributed by atoms with Crippen LogP contribution in [0, 0.1) is 17.8 Å². The van der Waals surface area contributed by atoms with Crippen molar-refractivity contribution in [1.29, 1.82) is 0 Å². The number of alkyl carbamates (subject to hydrolysis) is 2. The second-order valence-electron chi connectivity index (χ2n) is 17.9. The van der Waals surface area contributed by atoms with E-state index in [1.54, 1.807) is 0 Å². The summed E-state index contributed by atoms with van der Waals surface area (Å²) in [5, 5.41) is 9.71. The van der Waals surface area contributed by atoms with Gasteiger partial charge in [0.25, 0.3) is 0 Å². The van der Waals surface area contributed by atoms with Crippen LogP contribution in [0.4, 0.5) is 9.59 Å². The van der Waals surface area contributed by atoms with Crippen LogP contribution in [0.2, 0.25) is 0 Å². The van der Waals surface area contributed by atoms with Crippen LogP contribution in [0.3, 0.4) is 0 Å². The SMILES string of the molecule is CC[C@@H](c1nc2ccc3cc(-c4ccc5c(ccc6nc([C@@H]7[C@H]8CC[C@H](C8)N7C(=O)[C@@H](NC(=O)OC)C(C)C)[nH]c65)c4)ccc3c2[nH]1)N(C(=O)[C@@H](NC(=O)OC)C(C)C)C(C)C. The van der Waals surface area contributed by atoms with Gasteiger partial charge in [0.15, 0.2) is 0 Å². The van der Waals surface area contributed by atoms with E-state index < -0.39 is 24.3 Å². The number of hydrogen-bond donors (Lipinski definition) is 4. The molecule has 2 aromatic heterocycles. The highest BCUT2D eigenvalue weighted by molar-refractivity contribution is 6.07. The lowest BCUT2D eigenvalue weighted by Crippen LogP contribution is -2.54. The number of imidazole rings is 2. The van der Waals surface area contributed by atoms with Gasteiger partial charge in [-0.25, -0.2) is 19.6 Å². The number of H-pyrrole nitrogens is 2. The zero-order chi connectivity index (χ0) is 44.1. The number of ether oxygens (including phenoxy) is 2. The van der Waals surface area contributed by atoms with Crippen molar-refractivity contribution >= 4 is 67.6 Å². The van der Waals surface area contributed by atoms with Crippen molar-refractivity contribution < 1.29 is 28.7 Å². The average molecular weight is 843 g/mol. The van der Waals surface area contributed by atoms with Gasteiger partial charge in [-0.05, 0) is 103 Å². The number of carbonyl (C=O) groups is 4. The van der Waals surface area contributed by atoms with Crippen LogP contribution in [0.15, 0.2) is 60.7 Å². The molecule has 1 aliphatic carbocycles. The Balaban J connectivity index is 1.08. The van der Waals surface area contributed by atoms with Crippen LogP contribution in [0.25, 0.3) is 54.7 Å². The number of likely N-dealkylation sites (tertiary alicyclic amines) is 1. The molecule has 6 aromatic rings. The molecule has 2 bridgehead atoms. The molecular weight excluding hydrogens is 785 g/mol. The summed E-state index contributed by atoms with van der Waals surface area (Å²) in [7, 11) is 2.60. The van der Waals surface area contributed by atoms with E-state index in [4.69, 9.17) is 19.4 Å². The van der Waals surface area contributed by atoms with Crippen LogP contribution in [-0.2, 0) is 19.1 Å². The van der Waals surface area contributed by atoms with Crippen LogP contribution < -0.4 is 10.6 Å². The number of fused-ring (bicyclic) bond motifs is 8. The first-order chi connectivity index (χ1) is 29.7. The van der Waals surface area contributed by atoms with Gasteiger partial charge in [-0.1, -0.05) is 71.0 Å². The summed E-state index contributed by atoms with van der Waals surface area (Å²) in [5.41, 5.74) is 5.64. The molecule has 2 aliphatic rings. The van der Waals surface area contributed by atoms with Gasteiger partial charge >= 0.3 is 12.2 Å². The Bertz CT molecular complexity index is 2680. The van der Waals surface area contributed by atoms with E-state index in [9.17, 15) is 19.2 Å². The Morgan fingerprint density at radius 2 is 1.32 bits per heavy atom. The van der Waals surface area contributed by atoms with E-state index in [-0.39, 0.29) is 47.8 Å². The lowest BCUT2D eigenvalue weighted by Gasteiger charge is -2.37. The number of piperidine rings is 1. The molecular formula is C48H58N8O6. The monoisotopic (exact) mass is 842 g/mol. The second kappa shape index (κ2) is 16.9. The number of amides is 4. The highest BCUT2D eigenvalue weighted by Gasteiger charge is 2.51. The molecule has 14 heteroatoms. The Morgan fingerprint density at radius 1 is 0.758 bits per heavy atom. The molecule has 1 aliphatic heterocycles. The Kier molecular flexibility index (Phi) is 11.6. The van der Waals surface area contributed by atoms with E-state index in [0.29, 0.717) is 18.2 Å². The zero-order valence-electron chi connectivity index (χ0n) is 37.0. The van der Waals surface area contributed by atoms with Crippen molar-refractivity contribution in [2.45, 2.75) is 110 Å². The smallest absolute Gasteiger partial charge is 0.407 e. The predicted molar refractivity (Wildman–Crippen MR) is 240 cm³/mol. The van der Waals surface area contributed by atoms with Crippen LogP contribution >= 0.6 is 0 Å². The standard InChI is InChI=1S/C48H58N8O6/c1-10-37(55(26(6)7)45(57)38(24(2)3)53-47(59)61-8)43-49-35-19-14-29-21-27(12-17-33(29)40(35)51-43)28-13-18-34-30(22-28)15-20-36-41(34)52-44(50-36)42-31-11-16-32(23-31)56(42)46(58)39(25(4)5)54-48(60)62-9/h12-15,17-22,24-26,31-32,37-39,42H,10-11,16,23H2,1-9H3,(H,49,51)(H,50,52)(H,53,59)(H,54,60)/t31-,32+,37-,38-,39-,42-/m0/s1.